The van der Waals surface area contributed by atoms with Crippen LogP contribution in [-0.2, 0) is 0 Å². The van der Waals surface area contributed by atoms with Gasteiger partial charge in [-0.1, -0.05) is 13.3 Å². The Hall–Kier alpha value is -1.69. The molecule has 21 heavy (non-hydrogen) atoms. The van der Waals surface area contributed by atoms with Crippen LogP contribution in [0, 0.1) is 5.92 Å². The average Bonchev–Trinajstić information content (AvgIpc) is 2.45. The lowest BCUT2D eigenvalue weighted by molar-refractivity contribution is -0.0498. The Morgan fingerprint density at radius 2 is 1.95 bits per heavy atom. The van der Waals surface area contributed by atoms with E-state index in [1.54, 1.807) is 0 Å². The minimum atomic E-state index is -2.87. The van der Waals surface area contributed by atoms with E-state index < -0.39 is 6.61 Å². The van der Waals surface area contributed by atoms with E-state index in [0.29, 0.717) is 24.6 Å². The molecule has 6 heteroatoms. The molecule has 0 bridgehead atoms. The fourth-order valence-corrected chi connectivity index (χ4v) is 2.12. The maximum atomic E-state index is 12.0. The molecular formula is C15H22F2N2O2. The normalized spacial score (nSPS) is 12.2. The van der Waals surface area contributed by atoms with Crippen molar-refractivity contribution in [2.45, 2.75) is 32.8 Å². The summed E-state index contributed by atoms with van der Waals surface area (Å²) in [4.78, 5) is 12.0. The van der Waals surface area contributed by atoms with Gasteiger partial charge in [0.25, 0.3) is 5.91 Å². The van der Waals surface area contributed by atoms with E-state index in [-0.39, 0.29) is 11.7 Å². The smallest absolute Gasteiger partial charge is 0.387 e. The number of nitrogens with two attached hydrogens (primary N) is 1. The van der Waals surface area contributed by atoms with E-state index in [2.05, 4.69) is 17.0 Å². The van der Waals surface area contributed by atoms with E-state index in [4.69, 9.17) is 5.73 Å². The van der Waals surface area contributed by atoms with Crippen molar-refractivity contribution in [3.8, 4) is 5.75 Å². The Balaban J connectivity index is 2.50. The number of nitrogens with one attached hydrogen (secondary N) is 1. The second-order valence-corrected chi connectivity index (χ2v) is 4.84. The molecule has 0 aliphatic rings. The van der Waals surface area contributed by atoms with Crippen molar-refractivity contribution in [3.05, 3.63) is 29.8 Å². The van der Waals surface area contributed by atoms with Gasteiger partial charge in [0, 0.05) is 12.1 Å². The van der Waals surface area contributed by atoms with Crippen LogP contribution in [0.1, 0.15) is 36.5 Å². The minimum absolute atomic E-state index is 0.0357. The number of hydrogen-bond donors (Lipinski definition) is 2. The molecule has 0 heterocycles. The zero-order valence-electron chi connectivity index (χ0n) is 12.1. The highest BCUT2D eigenvalue weighted by atomic mass is 19.3. The fourth-order valence-electron chi connectivity index (χ4n) is 2.12. The van der Waals surface area contributed by atoms with Gasteiger partial charge in [-0.2, -0.15) is 8.78 Å². The van der Waals surface area contributed by atoms with Gasteiger partial charge in [0.05, 0.1) is 0 Å². The van der Waals surface area contributed by atoms with Crippen molar-refractivity contribution in [2.75, 3.05) is 13.1 Å². The van der Waals surface area contributed by atoms with E-state index in [1.807, 2.05) is 0 Å². The van der Waals surface area contributed by atoms with Crippen LogP contribution in [0.4, 0.5) is 8.78 Å². The van der Waals surface area contributed by atoms with Gasteiger partial charge < -0.3 is 15.8 Å². The topological polar surface area (TPSA) is 64.3 Å². The number of benzene rings is 1. The third kappa shape index (κ3) is 6.53. The van der Waals surface area contributed by atoms with Crippen molar-refractivity contribution >= 4 is 5.91 Å². The van der Waals surface area contributed by atoms with Crippen LogP contribution in [0.15, 0.2) is 24.3 Å². The largest absolute Gasteiger partial charge is 0.435 e. The molecular weight excluding hydrogens is 278 g/mol. The molecule has 1 atom stereocenters. The Labute approximate surface area is 123 Å². The quantitative estimate of drug-likeness (QED) is 0.737. The zero-order valence-corrected chi connectivity index (χ0v) is 12.1. The number of hydrogen-bond acceptors (Lipinski definition) is 3. The van der Waals surface area contributed by atoms with E-state index in [1.165, 1.54) is 24.3 Å². The van der Waals surface area contributed by atoms with Crippen LogP contribution < -0.4 is 15.8 Å². The zero-order chi connectivity index (χ0) is 15.7. The van der Waals surface area contributed by atoms with Crippen molar-refractivity contribution in [1.29, 1.82) is 0 Å². The van der Waals surface area contributed by atoms with Gasteiger partial charge in [0.15, 0.2) is 0 Å². The van der Waals surface area contributed by atoms with Crippen LogP contribution in [-0.4, -0.2) is 25.6 Å². The predicted molar refractivity (Wildman–Crippen MR) is 77.5 cm³/mol. The number of ether oxygens (including phenoxy) is 1. The highest BCUT2D eigenvalue weighted by molar-refractivity contribution is 5.94. The highest BCUT2D eigenvalue weighted by Gasteiger charge is 2.11. The number of halogens is 2. The summed E-state index contributed by atoms with van der Waals surface area (Å²) in [6, 6.07) is 5.63. The van der Waals surface area contributed by atoms with Gasteiger partial charge in [-0.25, -0.2) is 0 Å². The first-order valence-electron chi connectivity index (χ1n) is 7.10. The summed E-state index contributed by atoms with van der Waals surface area (Å²) in [5.74, 6) is 0.177. The van der Waals surface area contributed by atoms with Crippen LogP contribution in [0.3, 0.4) is 0 Å². The van der Waals surface area contributed by atoms with Crippen molar-refractivity contribution in [1.82, 2.24) is 5.32 Å². The van der Waals surface area contributed by atoms with Crippen molar-refractivity contribution < 1.29 is 18.3 Å². The summed E-state index contributed by atoms with van der Waals surface area (Å²) in [6.45, 7) is 0.391. The molecule has 118 valence electrons. The first-order chi connectivity index (χ1) is 10.1. The number of carbonyl (C=O) groups excluding carboxylic acids is 1. The molecule has 0 aromatic heterocycles. The molecule has 0 aliphatic heterocycles. The molecule has 1 amide bonds. The fraction of sp³-hybridized carbons (Fsp3) is 0.533. The molecule has 3 N–H and O–H groups in total. The summed E-state index contributed by atoms with van der Waals surface area (Å²) in [6.07, 6.45) is 2.92. The van der Waals surface area contributed by atoms with Gasteiger partial charge in [0.1, 0.15) is 5.75 Å². The molecule has 0 radical (unpaired) electrons. The lowest BCUT2D eigenvalue weighted by atomic mass is 10.00. The Morgan fingerprint density at radius 1 is 1.29 bits per heavy atom. The van der Waals surface area contributed by atoms with Gasteiger partial charge in [-0.3, -0.25) is 4.79 Å². The van der Waals surface area contributed by atoms with Gasteiger partial charge in [-0.05, 0) is 49.6 Å². The van der Waals surface area contributed by atoms with Gasteiger partial charge in [0.2, 0.25) is 0 Å². The lowest BCUT2D eigenvalue weighted by Crippen LogP contribution is -2.30. The summed E-state index contributed by atoms with van der Waals surface area (Å²) >= 11 is 0. The maximum Gasteiger partial charge on any atom is 0.387 e. The molecule has 0 saturated heterocycles. The average molecular weight is 300 g/mol. The number of amides is 1. The molecule has 4 nitrogen and oxygen atoms in total. The standard InChI is InChI=1S/C15H22F2N2O2/c1-2-3-11(8-9-18)10-19-14(20)12-4-6-13(7-5-12)21-15(16)17/h4-7,11,15H,2-3,8-10,18H2,1H3,(H,19,20). The maximum absolute atomic E-state index is 12.0. The first-order valence-corrected chi connectivity index (χ1v) is 7.10. The molecule has 0 fully saturated rings. The predicted octanol–water partition coefficient (Wildman–Crippen LogP) is 2.78. The summed E-state index contributed by atoms with van der Waals surface area (Å²) in [5.41, 5.74) is 5.96. The highest BCUT2D eigenvalue weighted by Crippen LogP contribution is 2.15. The number of alkyl halides is 2. The van der Waals surface area contributed by atoms with Crippen molar-refractivity contribution in [2.24, 2.45) is 11.7 Å². The third-order valence-electron chi connectivity index (χ3n) is 3.16. The van der Waals surface area contributed by atoms with Crippen molar-refractivity contribution in [3.63, 3.8) is 0 Å². The number of rotatable bonds is 9. The monoisotopic (exact) mass is 300 g/mol. The molecule has 0 spiro atoms. The number of carbonyl (C=O) groups is 1. The second kappa shape index (κ2) is 9.28. The molecule has 1 aromatic rings. The molecule has 1 aromatic carbocycles. The first kappa shape index (κ1) is 17.4. The van der Waals surface area contributed by atoms with E-state index >= 15 is 0 Å². The Kier molecular flexibility index (Phi) is 7.68. The summed E-state index contributed by atoms with van der Waals surface area (Å²) in [7, 11) is 0. The molecule has 0 saturated carbocycles. The molecule has 0 aliphatic carbocycles. The minimum Gasteiger partial charge on any atom is -0.435 e. The Bertz CT molecular complexity index is 418. The van der Waals surface area contributed by atoms with Crippen LogP contribution >= 0.6 is 0 Å². The molecule has 1 rings (SSSR count). The third-order valence-corrected chi connectivity index (χ3v) is 3.16. The van der Waals surface area contributed by atoms with E-state index in [9.17, 15) is 13.6 Å². The summed E-state index contributed by atoms with van der Waals surface area (Å²) < 4.78 is 28.3. The summed E-state index contributed by atoms with van der Waals surface area (Å²) in [5, 5.41) is 2.85. The van der Waals surface area contributed by atoms with Crippen LogP contribution in [0.25, 0.3) is 0 Å². The van der Waals surface area contributed by atoms with Gasteiger partial charge >= 0.3 is 6.61 Å². The van der Waals surface area contributed by atoms with Gasteiger partial charge in [-0.15, -0.1) is 0 Å². The lowest BCUT2D eigenvalue weighted by Gasteiger charge is -2.16. The molecule has 1 unspecified atom stereocenters. The van der Waals surface area contributed by atoms with Crippen LogP contribution in [0.5, 0.6) is 5.75 Å². The Morgan fingerprint density at radius 3 is 2.48 bits per heavy atom. The second-order valence-electron chi connectivity index (χ2n) is 4.84. The SMILES string of the molecule is CCCC(CCN)CNC(=O)c1ccc(OC(F)F)cc1. The van der Waals surface area contributed by atoms with E-state index in [0.717, 1.165) is 19.3 Å². The van der Waals surface area contributed by atoms with Crippen LogP contribution in [0.2, 0.25) is 0 Å².